The highest BCUT2D eigenvalue weighted by molar-refractivity contribution is 7.89. The number of piperazine rings is 1. The molecule has 2 rings (SSSR count). The lowest BCUT2D eigenvalue weighted by atomic mass is 10.0. The van der Waals surface area contributed by atoms with E-state index in [9.17, 15) is 8.42 Å². The molecule has 1 aliphatic heterocycles. The van der Waals surface area contributed by atoms with E-state index in [1.807, 2.05) is 27.8 Å². The Morgan fingerprint density at radius 1 is 1.33 bits per heavy atom. The van der Waals surface area contributed by atoms with Gasteiger partial charge in [-0.25, -0.2) is 8.42 Å². The largest absolute Gasteiger partial charge is 0.338 e. The molecule has 1 saturated heterocycles. The smallest absolute Gasteiger partial charge is 0.245 e. The maximum Gasteiger partial charge on any atom is 0.245 e. The van der Waals surface area contributed by atoms with Gasteiger partial charge in [0, 0.05) is 19.6 Å². The lowest BCUT2D eigenvalue weighted by Gasteiger charge is -2.37. The quantitative estimate of drug-likeness (QED) is 0.829. The Morgan fingerprint density at radius 3 is 2.52 bits per heavy atom. The summed E-state index contributed by atoms with van der Waals surface area (Å²) in [5, 5.41) is 3.79. The highest BCUT2D eigenvalue weighted by Gasteiger charge is 2.36. The minimum Gasteiger partial charge on any atom is -0.338 e. The van der Waals surface area contributed by atoms with Gasteiger partial charge in [0.1, 0.15) is 6.04 Å². The number of hydrogen-bond donors (Lipinski definition) is 0. The minimum absolute atomic E-state index is 0.138. The van der Waals surface area contributed by atoms with Crippen LogP contribution < -0.4 is 0 Å². The molecular formula is C13H24N4O3S. The van der Waals surface area contributed by atoms with E-state index in [0.29, 0.717) is 31.3 Å². The first-order chi connectivity index (χ1) is 9.58. The number of nitrogens with zero attached hydrogens (tertiary/aromatic N) is 4. The zero-order valence-corrected chi connectivity index (χ0v) is 14.1. The van der Waals surface area contributed by atoms with Crippen molar-refractivity contribution in [2.45, 2.75) is 33.7 Å². The molecule has 0 aromatic carbocycles. The van der Waals surface area contributed by atoms with Crippen LogP contribution in [0.2, 0.25) is 0 Å². The van der Waals surface area contributed by atoms with Crippen LogP contribution in [0.3, 0.4) is 0 Å². The van der Waals surface area contributed by atoms with Crippen molar-refractivity contribution in [3.8, 4) is 0 Å². The Balaban J connectivity index is 2.17. The van der Waals surface area contributed by atoms with E-state index in [4.69, 9.17) is 4.52 Å². The lowest BCUT2D eigenvalue weighted by Crippen LogP contribution is -2.50. The van der Waals surface area contributed by atoms with E-state index in [2.05, 4.69) is 15.0 Å². The fourth-order valence-corrected chi connectivity index (χ4v) is 4.46. The van der Waals surface area contributed by atoms with Crippen LogP contribution in [-0.2, 0) is 10.0 Å². The lowest BCUT2D eigenvalue weighted by molar-refractivity contribution is 0.119. The maximum atomic E-state index is 12.5. The molecule has 1 aliphatic rings. The van der Waals surface area contributed by atoms with Crippen molar-refractivity contribution >= 4 is 10.0 Å². The van der Waals surface area contributed by atoms with Crippen molar-refractivity contribution in [1.29, 1.82) is 0 Å². The molecule has 1 unspecified atom stereocenters. The first-order valence-electron chi connectivity index (χ1n) is 7.07. The molecule has 0 saturated carbocycles. The monoisotopic (exact) mass is 316 g/mol. The van der Waals surface area contributed by atoms with Crippen LogP contribution in [-0.4, -0.2) is 60.2 Å². The first kappa shape index (κ1) is 16.4. The number of rotatable bonds is 3. The van der Waals surface area contributed by atoms with Gasteiger partial charge in [0.25, 0.3) is 0 Å². The van der Waals surface area contributed by atoms with Crippen LogP contribution in [0.4, 0.5) is 0 Å². The number of sulfonamides is 1. The summed E-state index contributed by atoms with van der Waals surface area (Å²) in [4.78, 5) is 6.29. The van der Waals surface area contributed by atoms with E-state index in [1.54, 1.807) is 11.2 Å². The summed E-state index contributed by atoms with van der Waals surface area (Å²) in [6, 6.07) is -0.185. The second kappa shape index (κ2) is 5.66. The van der Waals surface area contributed by atoms with E-state index in [0.717, 1.165) is 0 Å². The second-order valence-electron chi connectivity index (χ2n) is 6.85. The second-order valence-corrected chi connectivity index (χ2v) is 8.82. The molecule has 0 amide bonds. The molecule has 0 aliphatic carbocycles. The molecule has 0 radical (unpaired) electrons. The van der Waals surface area contributed by atoms with Crippen molar-refractivity contribution in [2.24, 2.45) is 5.41 Å². The van der Waals surface area contributed by atoms with Gasteiger partial charge in [0.05, 0.1) is 5.75 Å². The molecule has 0 N–H and O–H groups in total. The van der Waals surface area contributed by atoms with Gasteiger partial charge in [-0.3, -0.25) is 4.90 Å². The molecule has 1 aromatic heterocycles. The van der Waals surface area contributed by atoms with Crippen molar-refractivity contribution in [3.05, 3.63) is 11.7 Å². The van der Waals surface area contributed by atoms with Crippen LogP contribution >= 0.6 is 0 Å². The Labute approximate surface area is 126 Å². The number of hydrogen-bond acceptors (Lipinski definition) is 6. The van der Waals surface area contributed by atoms with Crippen LogP contribution in [0.1, 0.15) is 38.5 Å². The van der Waals surface area contributed by atoms with Crippen LogP contribution in [0.15, 0.2) is 4.52 Å². The molecule has 2 heterocycles. The van der Waals surface area contributed by atoms with Crippen LogP contribution in [0, 0.1) is 12.3 Å². The van der Waals surface area contributed by atoms with Crippen molar-refractivity contribution in [1.82, 2.24) is 19.3 Å². The van der Waals surface area contributed by atoms with Crippen molar-refractivity contribution < 1.29 is 12.9 Å². The van der Waals surface area contributed by atoms with Gasteiger partial charge in [-0.1, -0.05) is 25.9 Å². The molecule has 7 nitrogen and oxygen atoms in total. The van der Waals surface area contributed by atoms with Gasteiger partial charge in [0.2, 0.25) is 15.9 Å². The maximum absolute atomic E-state index is 12.5. The van der Waals surface area contributed by atoms with Gasteiger partial charge in [0.15, 0.2) is 5.82 Å². The highest BCUT2D eigenvalue weighted by atomic mass is 32.2. The van der Waals surface area contributed by atoms with E-state index < -0.39 is 10.0 Å². The summed E-state index contributed by atoms with van der Waals surface area (Å²) < 4.78 is 31.8. The Hall–Kier alpha value is -0.990. The molecule has 1 atom stereocenters. The predicted molar refractivity (Wildman–Crippen MR) is 79.2 cm³/mol. The molecule has 1 fully saturated rings. The molecular weight excluding hydrogens is 292 g/mol. The van der Waals surface area contributed by atoms with Gasteiger partial charge in [-0.2, -0.15) is 9.29 Å². The summed E-state index contributed by atoms with van der Waals surface area (Å²) in [5.74, 6) is 1.18. The number of aromatic nitrogens is 2. The van der Waals surface area contributed by atoms with Crippen molar-refractivity contribution in [2.75, 3.05) is 32.4 Å². The standard InChI is InChI=1S/C13H24N4O3S/c1-10-14-12(20-15-10)11-8-17(7-6-16(11)5)21(18,19)9-13(2,3)4/h11H,6-9H2,1-5H3. The normalized spacial score (nSPS) is 22.6. The third kappa shape index (κ3) is 4.02. The predicted octanol–water partition coefficient (Wildman–Crippen LogP) is 1.04. The summed E-state index contributed by atoms with van der Waals surface area (Å²) >= 11 is 0. The van der Waals surface area contributed by atoms with E-state index >= 15 is 0 Å². The Morgan fingerprint density at radius 2 is 2.00 bits per heavy atom. The minimum atomic E-state index is -3.28. The van der Waals surface area contributed by atoms with Gasteiger partial charge in [-0.15, -0.1) is 0 Å². The summed E-state index contributed by atoms with van der Waals surface area (Å²) in [6.07, 6.45) is 0. The fraction of sp³-hybridized carbons (Fsp3) is 0.846. The van der Waals surface area contributed by atoms with Crippen molar-refractivity contribution in [3.63, 3.8) is 0 Å². The number of likely N-dealkylation sites (N-methyl/N-ethyl adjacent to an activating group) is 1. The van der Waals surface area contributed by atoms with E-state index in [-0.39, 0.29) is 17.2 Å². The molecule has 120 valence electrons. The summed E-state index contributed by atoms with van der Waals surface area (Å²) in [7, 11) is -1.34. The first-order valence-corrected chi connectivity index (χ1v) is 8.68. The van der Waals surface area contributed by atoms with E-state index in [1.165, 1.54) is 0 Å². The molecule has 21 heavy (non-hydrogen) atoms. The molecule has 0 spiro atoms. The van der Waals surface area contributed by atoms with Gasteiger partial charge < -0.3 is 4.52 Å². The summed E-state index contributed by atoms with van der Waals surface area (Å²) in [5.41, 5.74) is -0.265. The Bertz CT molecular complexity index is 591. The topological polar surface area (TPSA) is 79.5 Å². The van der Waals surface area contributed by atoms with Crippen LogP contribution in [0.5, 0.6) is 0 Å². The molecule has 0 bridgehead atoms. The highest BCUT2D eigenvalue weighted by Crippen LogP contribution is 2.26. The fourth-order valence-electron chi connectivity index (χ4n) is 2.45. The number of aryl methyl sites for hydroxylation is 1. The summed E-state index contributed by atoms with van der Waals surface area (Å²) in [6.45, 7) is 9.05. The zero-order valence-electron chi connectivity index (χ0n) is 13.3. The van der Waals surface area contributed by atoms with Gasteiger partial charge >= 0.3 is 0 Å². The third-order valence-corrected chi connectivity index (χ3v) is 5.80. The molecule has 1 aromatic rings. The Kier molecular flexibility index (Phi) is 4.41. The SMILES string of the molecule is Cc1noc(C2CN(S(=O)(=O)CC(C)(C)C)CCN2C)n1. The average Bonchev–Trinajstić information content (AvgIpc) is 2.72. The average molecular weight is 316 g/mol. The van der Waals surface area contributed by atoms with Crippen LogP contribution in [0.25, 0.3) is 0 Å². The zero-order chi connectivity index (χ0) is 15.8. The third-order valence-electron chi connectivity index (χ3n) is 3.45. The van der Waals surface area contributed by atoms with Gasteiger partial charge in [-0.05, 0) is 19.4 Å². The molecule has 8 heteroatoms.